The zero-order valence-electron chi connectivity index (χ0n) is 11.8. The SMILES string of the molecule is CCCCCCCC/C=N\NC(=O)c1cc(C)on1. The molecule has 0 spiro atoms. The summed E-state index contributed by atoms with van der Waals surface area (Å²) >= 11 is 0. The van der Waals surface area contributed by atoms with E-state index < -0.39 is 0 Å². The molecule has 1 N–H and O–H groups in total. The molecule has 1 aromatic heterocycles. The van der Waals surface area contributed by atoms with Gasteiger partial charge in [-0.2, -0.15) is 5.10 Å². The van der Waals surface area contributed by atoms with Gasteiger partial charge in [0, 0.05) is 12.3 Å². The summed E-state index contributed by atoms with van der Waals surface area (Å²) in [7, 11) is 0. The summed E-state index contributed by atoms with van der Waals surface area (Å²) in [6.45, 7) is 3.96. The number of nitrogens with zero attached hydrogens (tertiary/aromatic N) is 2. The third-order valence-electron chi connectivity index (χ3n) is 2.80. The standard InChI is InChI=1S/C14H23N3O2/c1-3-4-5-6-7-8-9-10-15-16-14(18)13-11-12(2)19-17-13/h10-11H,3-9H2,1-2H3,(H,16,18)/b15-10-. The van der Waals surface area contributed by atoms with Crippen LogP contribution in [-0.4, -0.2) is 17.3 Å². The summed E-state index contributed by atoms with van der Waals surface area (Å²) in [5.74, 6) is 0.275. The molecule has 0 fully saturated rings. The minimum absolute atomic E-state index is 0.259. The van der Waals surface area contributed by atoms with Crippen LogP contribution in [0.1, 0.15) is 68.1 Å². The number of aromatic nitrogens is 1. The Hall–Kier alpha value is -1.65. The number of nitrogens with one attached hydrogen (secondary N) is 1. The van der Waals surface area contributed by atoms with Gasteiger partial charge in [-0.3, -0.25) is 4.79 Å². The molecule has 106 valence electrons. The summed E-state index contributed by atoms with van der Waals surface area (Å²) in [5, 5.41) is 7.50. The Balaban J connectivity index is 2.05. The van der Waals surface area contributed by atoms with E-state index in [9.17, 15) is 4.79 Å². The van der Waals surface area contributed by atoms with Gasteiger partial charge in [-0.25, -0.2) is 5.43 Å². The maximum absolute atomic E-state index is 11.5. The van der Waals surface area contributed by atoms with Crippen LogP contribution in [0.25, 0.3) is 0 Å². The molecule has 1 amide bonds. The highest BCUT2D eigenvalue weighted by Crippen LogP contribution is 2.05. The molecule has 0 saturated carbocycles. The van der Waals surface area contributed by atoms with E-state index in [1.54, 1.807) is 19.2 Å². The Morgan fingerprint density at radius 1 is 1.37 bits per heavy atom. The van der Waals surface area contributed by atoms with Crippen molar-refractivity contribution in [3.8, 4) is 0 Å². The highest BCUT2D eigenvalue weighted by molar-refractivity contribution is 5.92. The van der Waals surface area contributed by atoms with E-state index in [4.69, 9.17) is 4.52 Å². The quantitative estimate of drug-likeness (QED) is 0.422. The number of rotatable bonds is 9. The van der Waals surface area contributed by atoms with Gasteiger partial charge in [-0.1, -0.05) is 44.2 Å². The van der Waals surface area contributed by atoms with Gasteiger partial charge in [0.15, 0.2) is 5.69 Å². The van der Waals surface area contributed by atoms with Gasteiger partial charge in [-0.15, -0.1) is 0 Å². The minimum atomic E-state index is -0.337. The van der Waals surface area contributed by atoms with Crippen LogP contribution in [-0.2, 0) is 0 Å². The Labute approximate surface area is 114 Å². The fourth-order valence-electron chi connectivity index (χ4n) is 1.72. The number of hydrogen-bond acceptors (Lipinski definition) is 4. The van der Waals surface area contributed by atoms with Gasteiger partial charge in [0.05, 0.1) is 0 Å². The van der Waals surface area contributed by atoms with E-state index in [1.165, 1.54) is 32.1 Å². The second-order valence-electron chi connectivity index (χ2n) is 4.63. The Bertz CT molecular complexity index is 399. The number of hydrazone groups is 1. The highest BCUT2D eigenvalue weighted by Gasteiger charge is 2.08. The van der Waals surface area contributed by atoms with Crippen molar-refractivity contribution in [1.29, 1.82) is 0 Å². The number of unbranched alkanes of at least 4 members (excludes halogenated alkanes) is 6. The van der Waals surface area contributed by atoms with E-state index in [-0.39, 0.29) is 11.6 Å². The van der Waals surface area contributed by atoms with E-state index in [1.807, 2.05) is 0 Å². The topological polar surface area (TPSA) is 67.5 Å². The van der Waals surface area contributed by atoms with Gasteiger partial charge >= 0.3 is 0 Å². The minimum Gasteiger partial charge on any atom is -0.361 e. The lowest BCUT2D eigenvalue weighted by molar-refractivity contribution is 0.0946. The molecule has 0 aliphatic carbocycles. The lowest BCUT2D eigenvalue weighted by Gasteiger charge is -1.97. The molecular weight excluding hydrogens is 242 g/mol. The van der Waals surface area contributed by atoms with Crippen molar-refractivity contribution in [3.05, 3.63) is 17.5 Å². The average Bonchev–Trinajstić information content (AvgIpc) is 2.83. The molecule has 5 heteroatoms. The average molecular weight is 265 g/mol. The van der Waals surface area contributed by atoms with Crippen molar-refractivity contribution >= 4 is 12.1 Å². The molecule has 1 aromatic rings. The number of amides is 1. The van der Waals surface area contributed by atoms with Crippen LogP contribution in [0.2, 0.25) is 0 Å². The van der Waals surface area contributed by atoms with Crippen LogP contribution in [0.5, 0.6) is 0 Å². The number of carbonyl (C=O) groups is 1. The first-order chi connectivity index (χ1) is 9.24. The Morgan fingerprint density at radius 2 is 2.11 bits per heavy atom. The smallest absolute Gasteiger partial charge is 0.293 e. The molecule has 1 heterocycles. The van der Waals surface area contributed by atoms with Gasteiger partial charge in [0.25, 0.3) is 5.91 Å². The number of aryl methyl sites for hydroxylation is 1. The van der Waals surface area contributed by atoms with Crippen molar-refractivity contribution in [3.63, 3.8) is 0 Å². The first-order valence-corrected chi connectivity index (χ1v) is 6.99. The summed E-state index contributed by atoms with van der Waals surface area (Å²) in [5.41, 5.74) is 2.69. The number of carbonyl (C=O) groups excluding carboxylic acids is 1. The third-order valence-corrected chi connectivity index (χ3v) is 2.80. The summed E-state index contributed by atoms with van der Waals surface area (Å²) in [4.78, 5) is 11.5. The monoisotopic (exact) mass is 265 g/mol. The summed E-state index contributed by atoms with van der Waals surface area (Å²) in [6.07, 6.45) is 10.2. The Kier molecular flexibility index (Phi) is 7.54. The first kappa shape index (κ1) is 15.4. The molecule has 1 rings (SSSR count). The fraction of sp³-hybridized carbons (Fsp3) is 0.643. The molecule has 0 atom stereocenters. The molecule has 19 heavy (non-hydrogen) atoms. The lowest BCUT2D eigenvalue weighted by atomic mass is 10.1. The van der Waals surface area contributed by atoms with Crippen molar-refractivity contribution in [1.82, 2.24) is 10.6 Å². The Morgan fingerprint density at radius 3 is 2.79 bits per heavy atom. The lowest BCUT2D eigenvalue weighted by Crippen LogP contribution is -2.17. The van der Waals surface area contributed by atoms with E-state index >= 15 is 0 Å². The van der Waals surface area contributed by atoms with Crippen molar-refractivity contribution in [2.45, 2.75) is 58.8 Å². The van der Waals surface area contributed by atoms with Gasteiger partial charge in [-0.05, 0) is 19.8 Å². The van der Waals surface area contributed by atoms with Crippen LogP contribution < -0.4 is 5.43 Å². The maximum atomic E-state index is 11.5. The van der Waals surface area contributed by atoms with Crippen molar-refractivity contribution in [2.75, 3.05) is 0 Å². The van der Waals surface area contributed by atoms with E-state index in [2.05, 4.69) is 22.6 Å². The summed E-state index contributed by atoms with van der Waals surface area (Å²) < 4.78 is 4.81. The molecule has 0 saturated heterocycles. The predicted molar refractivity (Wildman–Crippen MR) is 75.2 cm³/mol. The van der Waals surface area contributed by atoms with Crippen LogP contribution in [0.3, 0.4) is 0 Å². The molecular formula is C14H23N3O2. The fourth-order valence-corrected chi connectivity index (χ4v) is 1.72. The highest BCUT2D eigenvalue weighted by atomic mass is 16.5. The van der Waals surface area contributed by atoms with E-state index in [0.29, 0.717) is 5.76 Å². The van der Waals surface area contributed by atoms with Crippen LogP contribution in [0, 0.1) is 6.92 Å². The van der Waals surface area contributed by atoms with Crippen LogP contribution in [0.4, 0.5) is 0 Å². The molecule has 0 aromatic carbocycles. The molecule has 0 aliphatic rings. The largest absolute Gasteiger partial charge is 0.361 e. The van der Waals surface area contributed by atoms with Gasteiger partial charge in [0.1, 0.15) is 5.76 Å². The molecule has 0 bridgehead atoms. The van der Waals surface area contributed by atoms with Crippen molar-refractivity contribution < 1.29 is 9.32 Å². The van der Waals surface area contributed by atoms with Gasteiger partial charge in [0.2, 0.25) is 0 Å². The van der Waals surface area contributed by atoms with Crippen LogP contribution >= 0.6 is 0 Å². The summed E-state index contributed by atoms with van der Waals surface area (Å²) in [6, 6.07) is 1.58. The molecule has 0 unspecified atom stereocenters. The second kappa shape index (κ2) is 9.30. The zero-order valence-corrected chi connectivity index (χ0v) is 11.8. The number of hydrogen-bond donors (Lipinski definition) is 1. The van der Waals surface area contributed by atoms with Crippen molar-refractivity contribution in [2.24, 2.45) is 5.10 Å². The first-order valence-electron chi connectivity index (χ1n) is 6.99. The van der Waals surface area contributed by atoms with Crippen LogP contribution in [0.15, 0.2) is 15.7 Å². The third kappa shape index (κ3) is 6.74. The second-order valence-corrected chi connectivity index (χ2v) is 4.63. The van der Waals surface area contributed by atoms with E-state index in [0.717, 1.165) is 12.8 Å². The molecule has 0 radical (unpaired) electrons. The zero-order chi connectivity index (χ0) is 13.9. The van der Waals surface area contributed by atoms with Gasteiger partial charge < -0.3 is 4.52 Å². The normalized spacial score (nSPS) is 11.1. The molecule has 0 aliphatic heterocycles. The predicted octanol–water partition coefficient (Wildman–Crippen LogP) is 3.45. The molecule has 5 nitrogen and oxygen atoms in total. The maximum Gasteiger partial charge on any atom is 0.293 e.